The number of hydrogen-bond donors (Lipinski definition) is 3. The molecule has 0 bridgehead atoms. The summed E-state index contributed by atoms with van der Waals surface area (Å²) in [4.78, 5) is 23.0. The van der Waals surface area contributed by atoms with E-state index in [0.717, 1.165) is 5.56 Å². The summed E-state index contributed by atoms with van der Waals surface area (Å²) >= 11 is 0. The SMILES string of the molecule is C[C@H](NC(=O)OCc1ccccc1)C(=O)N[C@@H](C)[NH3+].[Cl-]. The fourth-order valence-electron chi connectivity index (χ4n) is 1.37. The first-order valence-electron chi connectivity index (χ1n) is 6.09. The van der Waals surface area contributed by atoms with E-state index in [1.165, 1.54) is 0 Å². The molecule has 5 N–H and O–H groups in total. The topological polar surface area (TPSA) is 95.1 Å². The lowest BCUT2D eigenvalue weighted by atomic mass is 10.2. The largest absolute Gasteiger partial charge is 1.00 e. The molecule has 0 aromatic heterocycles. The first kappa shape index (κ1) is 18.2. The molecule has 0 unspecified atom stereocenters. The molecule has 0 saturated heterocycles. The molecule has 0 aliphatic rings. The Hall–Kier alpha value is -1.79. The molecule has 1 aromatic rings. The highest BCUT2D eigenvalue weighted by Crippen LogP contribution is 2.00. The molecule has 1 rings (SSSR count). The average molecular weight is 302 g/mol. The number of halogens is 1. The minimum atomic E-state index is -0.660. The zero-order valence-corrected chi connectivity index (χ0v) is 12.3. The fraction of sp³-hybridized carbons (Fsp3) is 0.385. The van der Waals surface area contributed by atoms with Gasteiger partial charge in [-0.25, -0.2) is 4.79 Å². The number of carbonyl (C=O) groups excluding carboxylic acids is 2. The van der Waals surface area contributed by atoms with Gasteiger partial charge in [0.15, 0.2) is 6.17 Å². The van der Waals surface area contributed by atoms with Gasteiger partial charge in [-0.2, -0.15) is 0 Å². The Morgan fingerprint density at radius 1 is 1.20 bits per heavy atom. The number of ether oxygens (including phenoxy) is 1. The van der Waals surface area contributed by atoms with Crippen molar-refractivity contribution < 1.29 is 32.5 Å². The molecule has 0 radical (unpaired) electrons. The molecule has 0 heterocycles. The van der Waals surface area contributed by atoms with Crippen LogP contribution in [-0.2, 0) is 16.1 Å². The van der Waals surface area contributed by atoms with Crippen molar-refractivity contribution in [2.45, 2.75) is 32.7 Å². The van der Waals surface area contributed by atoms with Crippen molar-refractivity contribution in [1.82, 2.24) is 10.6 Å². The maximum atomic E-state index is 11.5. The molecule has 20 heavy (non-hydrogen) atoms. The van der Waals surface area contributed by atoms with Gasteiger partial charge in [0.1, 0.15) is 12.6 Å². The Kier molecular flexibility index (Phi) is 8.35. The Bertz CT molecular complexity index is 426. The first-order valence-corrected chi connectivity index (χ1v) is 6.09. The fourth-order valence-corrected chi connectivity index (χ4v) is 1.37. The average Bonchev–Trinajstić information content (AvgIpc) is 2.36. The molecule has 0 aliphatic carbocycles. The highest BCUT2D eigenvalue weighted by Gasteiger charge is 2.17. The number of alkyl carbamates (subject to hydrolysis) is 1. The summed E-state index contributed by atoms with van der Waals surface area (Å²) in [6.07, 6.45) is -0.833. The normalized spacial score (nSPS) is 12.6. The second-order valence-electron chi connectivity index (χ2n) is 4.34. The number of carbonyl (C=O) groups is 2. The lowest BCUT2D eigenvalue weighted by Gasteiger charge is -2.14. The maximum Gasteiger partial charge on any atom is 0.408 e. The number of hydrogen-bond acceptors (Lipinski definition) is 3. The molecule has 2 atom stereocenters. The molecule has 0 aliphatic heterocycles. The van der Waals surface area contributed by atoms with Crippen molar-refractivity contribution in [3.05, 3.63) is 35.9 Å². The van der Waals surface area contributed by atoms with Crippen LogP contribution in [0.15, 0.2) is 30.3 Å². The Balaban J connectivity index is 0.00000361. The first-order chi connectivity index (χ1) is 8.99. The number of quaternary nitrogens is 1. The van der Waals surface area contributed by atoms with E-state index in [1.807, 2.05) is 30.3 Å². The van der Waals surface area contributed by atoms with E-state index in [9.17, 15) is 9.59 Å². The second kappa shape index (κ2) is 9.17. The van der Waals surface area contributed by atoms with Crippen molar-refractivity contribution in [1.29, 1.82) is 0 Å². The van der Waals surface area contributed by atoms with E-state index in [1.54, 1.807) is 13.8 Å². The minimum absolute atomic E-state index is 0. The molecule has 0 saturated carbocycles. The van der Waals surface area contributed by atoms with Crippen LogP contribution in [0, 0.1) is 0 Å². The standard InChI is InChI=1S/C13H19N3O3.ClH/c1-9(12(17)16-10(2)14)15-13(18)19-8-11-6-4-3-5-7-11;/h3-7,9-10H,8,14H2,1-2H3,(H,15,18)(H,16,17);1H/t9-,10-;/m0./s1. The van der Waals surface area contributed by atoms with Gasteiger partial charge >= 0.3 is 6.09 Å². The summed E-state index contributed by atoms with van der Waals surface area (Å²) in [5.41, 5.74) is 4.53. The van der Waals surface area contributed by atoms with Crippen molar-refractivity contribution in [2.24, 2.45) is 0 Å². The number of benzene rings is 1. The minimum Gasteiger partial charge on any atom is -1.00 e. The van der Waals surface area contributed by atoms with Crippen LogP contribution in [0.2, 0.25) is 0 Å². The highest BCUT2D eigenvalue weighted by molar-refractivity contribution is 5.85. The second-order valence-corrected chi connectivity index (χ2v) is 4.34. The van der Waals surface area contributed by atoms with Crippen molar-refractivity contribution in [3.63, 3.8) is 0 Å². The Morgan fingerprint density at radius 3 is 2.35 bits per heavy atom. The molecule has 2 amide bonds. The van der Waals surface area contributed by atoms with Gasteiger partial charge < -0.3 is 33.5 Å². The number of nitrogens with one attached hydrogen (secondary N) is 2. The molecule has 0 spiro atoms. The van der Waals surface area contributed by atoms with E-state index >= 15 is 0 Å². The van der Waals surface area contributed by atoms with Crippen LogP contribution in [0.1, 0.15) is 19.4 Å². The summed E-state index contributed by atoms with van der Waals surface area (Å²) in [5, 5.41) is 5.06. The predicted octanol–water partition coefficient (Wildman–Crippen LogP) is -2.99. The highest BCUT2D eigenvalue weighted by atomic mass is 35.5. The smallest absolute Gasteiger partial charge is 0.408 e. The van der Waals surface area contributed by atoms with Crippen LogP contribution < -0.4 is 28.8 Å². The zero-order valence-electron chi connectivity index (χ0n) is 11.6. The van der Waals surface area contributed by atoms with Crippen molar-refractivity contribution in [3.8, 4) is 0 Å². The van der Waals surface area contributed by atoms with Crippen molar-refractivity contribution in [2.75, 3.05) is 0 Å². The summed E-state index contributed by atoms with van der Waals surface area (Å²) in [5.74, 6) is -0.292. The lowest BCUT2D eigenvalue weighted by Crippen LogP contribution is -3.00. The molecule has 7 heteroatoms. The lowest BCUT2D eigenvalue weighted by molar-refractivity contribution is -0.420. The van der Waals surface area contributed by atoms with Gasteiger partial charge in [0.2, 0.25) is 5.91 Å². The maximum absolute atomic E-state index is 11.5. The van der Waals surface area contributed by atoms with Gasteiger partial charge in [0.05, 0.1) is 0 Å². The van der Waals surface area contributed by atoms with Gasteiger partial charge in [-0.3, -0.25) is 4.79 Å². The number of rotatable bonds is 5. The van der Waals surface area contributed by atoms with Gasteiger partial charge in [-0.05, 0) is 12.5 Å². The summed E-state index contributed by atoms with van der Waals surface area (Å²) in [6.45, 7) is 3.51. The van der Waals surface area contributed by atoms with Gasteiger partial charge in [0.25, 0.3) is 0 Å². The third-order valence-corrected chi connectivity index (χ3v) is 2.33. The number of amides is 2. The van der Waals surface area contributed by atoms with Crippen LogP contribution in [0.5, 0.6) is 0 Å². The molecule has 6 nitrogen and oxygen atoms in total. The van der Waals surface area contributed by atoms with E-state index < -0.39 is 12.1 Å². The van der Waals surface area contributed by atoms with E-state index in [4.69, 9.17) is 4.74 Å². The van der Waals surface area contributed by atoms with Crippen LogP contribution in [0.25, 0.3) is 0 Å². The Morgan fingerprint density at radius 2 is 1.80 bits per heavy atom. The van der Waals surface area contributed by atoms with E-state index in [0.29, 0.717) is 0 Å². The third kappa shape index (κ3) is 6.96. The Labute approximate surface area is 124 Å². The molecular weight excluding hydrogens is 282 g/mol. The van der Waals surface area contributed by atoms with Gasteiger partial charge in [0, 0.05) is 6.92 Å². The third-order valence-electron chi connectivity index (χ3n) is 2.33. The predicted molar refractivity (Wildman–Crippen MR) is 69.7 cm³/mol. The summed E-state index contributed by atoms with van der Waals surface area (Å²) in [6, 6.07) is 8.66. The van der Waals surface area contributed by atoms with Gasteiger partial charge in [-0.15, -0.1) is 0 Å². The molecule has 112 valence electrons. The van der Waals surface area contributed by atoms with Crippen LogP contribution in [0.4, 0.5) is 4.79 Å². The van der Waals surface area contributed by atoms with Crippen molar-refractivity contribution >= 4 is 12.0 Å². The molecule has 0 fully saturated rings. The van der Waals surface area contributed by atoms with E-state index in [2.05, 4.69) is 16.4 Å². The molecule has 1 aromatic carbocycles. The monoisotopic (exact) mass is 301 g/mol. The molecular formula is C13H20ClN3O3. The van der Waals surface area contributed by atoms with Crippen LogP contribution in [0.3, 0.4) is 0 Å². The summed E-state index contributed by atoms with van der Waals surface area (Å²) in [7, 11) is 0. The quantitative estimate of drug-likeness (QED) is 0.506. The van der Waals surface area contributed by atoms with Crippen LogP contribution in [-0.4, -0.2) is 24.2 Å². The van der Waals surface area contributed by atoms with Gasteiger partial charge in [-0.1, -0.05) is 30.3 Å². The zero-order chi connectivity index (χ0) is 14.3. The van der Waals surface area contributed by atoms with E-state index in [-0.39, 0.29) is 31.1 Å². The van der Waals surface area contributed by atoms with Crippen LogP contribution >= 0.6 is 0 Å². The summed E-state index contributed by atoms with van der Waals surface area (Å²) < 4.78 is 5.01.